The molecule has 1 N–H and O–H groups in total. The Labute approximate surface area is 163 Å². The van der Waals surface area contributed by atoms with Crippen molar-refractivity contribution in [3.8, 4) is 0 Å². The first kappa shape index (κ1) is 19.2. The number of hydrogen-bond acceptors (Lipinski definition) is 5. The summed E-state index contributed by atoms with van der Waals surface area (Å²) in [5.41, 5.74) is 2.43. The van der Waals surface area contributed by atoms with Gasteiger partial charge >= 0.3 is 0 Å². The number of carbonyl (C=O) groups excluding carboxylic acids is 1. The highest BCUT2D eigenvalue weighted by Crippen LogP contribution is 2.25. The van der Waals surface area contributed by atoms with Gasteiger partial charge in [-0.3, -0.25) is 4.79 Å². The van der Waals surface area contributed by atoms with Gasteiger partial charge in [0.2, 0.25) is 0 Å². The van der Waals surface area contributed by atoms with Crippen LogP contribution in [0.3, 0.4) is 0 Å². The number of benzene rings is 1. The lowest BCUT2D eigenvalue weighted by atomic mass is 9.84. The number of hydrogen-bond donors (Lipinski definition) is 1. The SMILES string of the molecule is Cc1cc(CSc2ncccc2C(=O)NCC(C)(C)c2ccccc2)no1. The smallest absolute Gasteiger partial charge is 0.254 e. The van der Waals surface area contributed by atoms with Gasteiger partial charge in [0.05, 0.1) is 11.3 Å². The Morgan fingerprint density at radius 3 is 2.67 bits per heavy atom. The van der Waals surface area contributed by atoms with Crippen LogP contribution in [-0.4, -0.2) is 22.6 Å². The second-order valence-corrected chi connectivity index (χ2v) is 7.97. The van der Waals surface area contributed by atoms with Crippen molar-refractivity contribution < 1.29 is 9.32 Å². The van der Waals surface area contributed by atoms with E-state index in [4.69, 9.17) is 4.52 Å². The summed E-state index contributed by atoms with van der Waals surface area (Å²) in [5, 5.41) is 7.73. The fraction of sp³-hybridized carbons (Fsp3) is 0.286. The summed E-state index contributed by atoms with van der Waals surface area (Å²) in [4.78, 5) is 17.1. The van der Waals surface area contributed by atoms with Crippen LogP contribution in [0.4, 0.5) is 0 Å². The van der Waals surface area contributed by atoms with Gasteiger partial charge in [-0.25, -0.2) is 4.98 Å². The minimum Gasteiger partial charge on any atom is -0.361 e. The fourth-order valence-corrected chi connectivity index (χ4v) is 3.57. The van der Waals surface area contributed by atoms with Crippen molar-refractivity contribution in [1.82, 2.24) is 15.5 Å². The normalized spacial score (nSPS) is 11.4. The van der Waals surface area contributed by atoms with Gasteiger partial charge in [0, 0.05) is 30.0 Å². The van der Waals surface area contributed by atoms with Gasteiger partial charge in [-0.2, -0.15) is 0 Å². The molecule has 0 aliphatic heterocycles. The first-order valence-corrected chi connectivity index (χ1v) is 9.78. The van der Waals surface area contributed by atoms with Gasteiger partial charge in [-0.05, 0) is 24.6 Å². The monoisotopic (exact) mass is 381 g/mol. The maximum absolute atomic E-state index is 12.8. The Hall–Kier alpha value is -2.60. The first-order chi connectivity index (χ1) is 13.0. The number of nitrogens with one attached hydrogen (secondary N) is 1. The van der Waals surface area contributed by atoms with E-state index in [0.29, 0.717) is 22.9 Å². The summed E-state index contributed by atoms with van der Waals surface area (Å²) in [6, 6.07) is 15.6. The van der Waals surface area contributed by atoms with Gasteiger partial charge in [0.15, 0.2) is 0 Å². The molecular formula is C21H23N3O2S. The number of nitrogens with zero attached hydrogens (tertiary/aromatic N) is 2. The number of carbonyl (C=O) groups is 1. The van der Waals surface area contributed by atoms with Gasteiger partial charge in [-0.15, -0.1) is 0 Å². The van der Waals surface area contributed by atoms with Gasteiger partial charge < -0.3 is 9.84 Å². The summed E-state index contributed by atoms with van der Waals surface area (Å²) >= 11 is 1.48. The lowest BCUT2D eigenvalue weighted by Crippen LogP contribution is -2.36. The van der Waals surface area contributed by atoms with Crippen LogP contribution < -0.4 is 5.32 Å². The Bertz CT molecular complexity index is 907. The molecule has 0 bridgehead atoms. The summed E-state index contributed by atoms with van der Waals surface area (Å²) < 4.78 is 5.09. The van der Waals surface area contributed by atoms with Crippen molar-refractivity contribution in [2.24, 2.45) is 0 Å². The van der Waals surface area contributed by atoms with E-state index in [0.717, 1.165) is 11.5 Å². The number of amides is 1. The molecule has 140 valence electrons. The number of aryl methyl sites for hydroxylation is 1. The zero-order valence-electron chi connectivity index (χ0n) is 15.7. The Morgan fingerprint density at radius 2 is 1.96 bits per heavy atom. The van der Waals surface area contributed by atoms with Crippen molar-refractivity contribution >= 4 is 17.7 Å². The lowest BCUT2D eigenvalue weighted by Gasteiger charge is -2.25. The third-order valence-electron chi connectivity index (χ3n) is 4.30. The summed E-state index contributed by atoms with van der Waals surface area (Å²) in [6.07, 6.45) is 1.70. The standard InChI is InChI=1S/C21H23N3O2S/c1-15-12-17(24-26-15)13-27-20-18(10-7-11-22-20)19(25)23-14-21(2,3)16-8-5-4-6-9-16/h4-12H,13-14H2,1-3H3,(H,23,25). The summed E-state index contributed by atoms with van der Waals surface area (Å²) in [7, 11) is 0. The molecule has 0 radical (unpaired) electrons. The Morgan fingerprint density at radius 1 is 1.19 bits per heavy atom. The van der Waals surface area contributed by atoms with Crippen LogP contribution in [0.15, 0.2) is 64.3 Å². The number of pyridine rings is 1. The maximum atomic E-state index is 12.8. The predicted molar refractivity (Wildman–Crippen MR) is 107 cm³/mol. The molecule has 3 aromatic rings. The van der Waals surface area contributed by atoms with Crippen molar-refractivity contribution in [1.29, 1.82) is 0 Å². The van der Waals surface area contributed by atoms with Crippen LogP contribution >= 0.6 is 11.8 Å². The van der Waals surface area contributed by atoms with Crippen molar-refractivity contribution in [2.45, 2.75) is 37.0 Å². The van der Waals surface area contributed by atoms with Crippen LogP contribution in [0.2, 0.25) is 0 Å². The van der Waals surface area contributed by atoms with Gasteiger partial charge in [-0.1, -0.05) is 61.1 Å². The second-order valence-electron chi connectivity index (χ2n) is 7.01. The van der Waals surface area contributed by atoms with Crippen LogP contribution in [-0.2, 0) is 11.2 Å². The highest BCUT2D eigenvalue weighted by atomic mass is 32.2. The second kappa shape index (κ2) is 8.39. The summed E-state index contributed by atoms with van der Waals surface area (Å²) in [6.45, 7) is 6.63. The van der Waals surface area contributed by atoms with Gasteiger partial charge in [0.25, 0.3) is 5.91 Å². The molecule has 0 fully saturated rings. The maximum Gasteiger partial charge on any atom is 0.254 e. The van der Waals surface area contributed by atoms with E-state index in [9.17, 15) is 4.79 Å². The predicted octanol–water partition coefficient (Wildman–Crippen LogP) is 4.38. The molecule has 0 aliphatic rings. The zero-order chi connectivity index (χ0) is 19.3. The van der Waals surface area contributed by atoms with E-state index < -0.39 is 0 Å². The van der Waals surface area contributed by atoms with Crippen LogP contribution in [0.5, 0.6) is 0 Å². The van der Waals surface area contributed by atoms with E-state index in [2.05, 4.69) is 41.4 Å². The molecule has 0 spiro atoms. The third-order valence-corrected chi connectivity index (χ3v) is 5.33. The number of aromatic nitrogens is 2. The Kier molecular flexibility index (Phi) is 5.96. The Balaban J connectivity index is 1.66. The molecule has 0 atom stereocenters. The van der Waals surface area contributed by atoms with E-state index in [1.54, 1.807) is 18.3 Å². The average Bonchev–Trinajstić information content (AvgIpc) is 3.11. The minimum atomic E-state index is -0.162. The fourth-order valence-electron chi connectivity index (χ4n) is 2.69. The third kappa shape index (κ3) is 4.98. The molecule has 1 amide bonds. The van der Waals surface area contributed by atoms with Crippen LogP contribution in [0.25, 0.3) is 0 Å². The van der Waals surface area contributed by atoms with Crippen molar-refractivity contribution in [3.63, 3.8) is 0 Å². The molecule has 2 aromatic heterocycles. The van der Waals surface area contributed by atoms with Crippen molar-refractivity contribution in [2.75, 3.05) is 6.54 Å². The zero-order valence-corrected chi connectivity index (χ0v) is 16.5. The minimum absolute atomic E-state index is 0.120. The molecule has 1 aromatic carbocycles. The topological polar surface area (TPSA) is 68.0 Å². The largest absolute Gasteiger partial charge is 0.361 e. The molecule has 27 heavy (non-hydrogen) atoms. The molecule has 2 heterocycles. The molecule has 6 heteroatoms. The van der Waals surface area contributed by atoms with Gasteiger partial charge in [0.1, 0.15) is 10.8 Å². The van der Waals surface area contributed by atoms with E-state index >= 15 is 0 Å². The lowest BCUT2D eigenvalue weighted by molar-refractivity contribution is 0.0942. The van der Waals surface area contributed by atoms with E-state index in [-0.39, 0.29) is 11.3 Å². The molecule has 3 rings (SSSR count). The molecule has 0 saturated carbocycles. The number of rotatable bonds is 7. The van der Waals surface area contributed by atoms with E-state index in [1.807, 2.05) is 31.2 Å². The quantitative estimate of drug-likeness (QED) is 0.615. The van der Waals surface area contributed by atoms with Crippen molar-refractivity contribution in [3.05, 3.63) is 77.3 Å². The van der Waals surface area contributed by atoms with Crippen LogP contribution in [0.1, 0.15) is 41.2 Å². The highest BCUT2D eigenvalue weighted by Gasteiger charge is 2.22. The number of thioether (sulfide) groups is 1. The van der Waals surface area contributed by atoms with Crippen LogP contribution in [0, 0.1) is 6.92 Å². The van der Waals surface area contributed by atoms with E-state index in [1.165, 1.54) is 17.3 Å². The molecule has 0 unspecified atom stereocenters. The first-order valence-electron chi connectivity index (χ1n) is 8.79. The molecule has 0 aliphatic carbocycles. The molecule has 0 saturated heterocycles. The molecule has 5 nitrogen and oxygen atoms in total. The highest BCUT2D eigenvalue weighted by molar-refractivity contribution is 7.98. The average molecular weight is 382 g/mol. The summed E-state index contributed by atoms with van der Waals surface area (Å²) in [5.74, 6) is 1.25. The molecular weight excluding hydrogens is 358 g/mol.